The maximum atomic E-state index is 12.3. The molecule has 1 aliphatic rings. The number of para-hydroxylation sites is 1. The lowest BCUT2D eigenvalue weighted by atomic mass is 9.97. The maximum Gasteiger partial charge on any atom is 0.347 e. The molecule has 1 unspecified atom stereocenters. The minimum Gasteiger partial charge on any atom is -0.354 e. The smallest absolute Gasteiger partial charge is 0.347 e. The van der Waals surface area contributed by atoms with Gasteiger partial charge in [0.05, 0.1) is 11.4 Å². The zero-order chi connectivity index (χ0) is 17.2. The molecule has 1 atom stereocenters. The molecular weight excluding hydrogens is 316 g/mol. The van der Waals surface area contributed by atoms with Gasteiger partial charge in [-0.15, -0.1) is 5.10 Å². The topological polar surface area (TPSA) is 79.7 Å². The first-order chi connectivity index (χ1) is 12.2. The molecule has 1 fully saturated rings. The fraction of sp³-hybridized carbons (Fsp3) is 0.333. The fourth-order valence-electron chi connectivity index (χ4n) is 3.37. The summed E-state index contributed by atoms with van der Waals surface area (Å²) in [7, 11) is 0. The molecule has 4 rings (SSSR count). The summed E-state index contributed by atoms with van der Waals surface area (Å²) in [4.78, 5) is 14.5. The number of benzene rings is 1. The standard InChI is InChI=1S/C18H20N6O/c1-13-9-10-16(20-19-13)23-11-5-6-14(12-23)17-21-22-18(25)24(17)15-7-3-2-4-8-15/h2-4,7-10,14H,5-6,11-12H2,1H3,(H,22,25). The van der Waals surface area contributed by atoms with Crippen LogP contribution in [0.25, 0.3) is 5.69 Å². The highest BCUT2D eigenvalue weighted by atomic mass is 16.1. The summed E-state index contributed by atoms with van der Waals surface area (Å²) in [6.07, 6.45) is 2.02. The van der Waals surface area contributed by atoms with Gasteiger partial charge in [-0.25, -0.2) is 14.5 Å². The fourth-order valence-corrected chi connectivity index (χ4v) is 3.37. The van der Waals surface area contributed by atoms with E-state index in [0.717, 1.165) is 49.0 Å². The van der Waals surface area contributed by atoms with Crippen molar-refractivity contribution in [3.05, 3.63) is 64.5 Å². The molecule has 2 aromatic heterocycles. The van der Waals surface area contributed by atoms with E-state index in [9.17, 15) is 4.79 Å². The van der Waals surface area contributed by atoms with E-state index in [-0.39, 0.29) is 11.6 Å². The van der Waals surface area contributed by atoms with Gasteiger partial charge in [0.25, 0.3) is 0 Å². The molecule has 7 nitrogen and oxygen atoms in total. The zero-order valence-electron chi connectivity index (χ0n) is 14.1. The predicted octanol–water partition coefficient (Wildman–Crippen LogP) is 2.04. The second-order valence-corrected chi connectivity index (χ2v) is 6.38. The largest absolute Gasteiger partial charge is 0.354 e. The lowest BCUT2D eigenvalue weighted by Crippen LogP contribution is -2.36. The molecule has 1 aliphatic heterocycles. The van der Waals surface area contributed by atoms with Crippen molar-refractivity contribution in [2.45, 2.75) is 25.7 Å². The third-order valence-electron chi connectivity index (χ3n) is 4.61. The van der Waals surface area contributed by atoms with Gasteiger partial charge in [-0.3, -0.25) is 0 Å². The monoisotopic (exact) mass is 336 g/mol. The number of anilines is 1. The van der Waals surface area contributed by atoms with E-state index in [2.05, 4.69) is 25.3 Å². The van der Waals surface area contributed by atoms with E-state index in [1.54, 1.807) is 4.57 Å². The van der Waals surface area contributed by atoms with Gasteiger partial charge in [0.1, 0.15) is 5.82 Å². The number of aryl methyl sites for hydroxylation is 1. The normalized spacial score (nSPS) is 17.6. The number of nitrogens with zero attached hydrogens (tertiary/aromatic N) is 5. The van der Waals surface area contributed by atoms with Gasteiger partial charge in [0.15, 0.2) is 5.82 Å². The number of hydrogen-bond acceptors (Lipinski definition) is 5. The number of rotatable bonds is 3. The highest BCUT2D eigenvalue weighted by molar-refractivity contribution is 5.39. The Balaban J connectivity index is 1.64. The van der Waals surface area contributed by atoms with Gasteiger partial charge in [0, 0.05) is 19.0 Å². The van der Waals surface area contributed by atoms with Gasteiger partial charge in [0.2, 0.25) is 0 Å². The summed E-state index contributed by atoms with van der Waals surface area (Å²) in [5.74, 6) is 1.82. The SMILES string of the molecule is Cc1ccc(N2CCCC(c3n[nH]c(=O)n3-c3ccccc3)C2)nn1. The van der Waals surface area contributed by atoms with Gasteiger partial charge in [-0.1, -0.05) is 18.2 Å². The third-order valence-corrected chi connectivity index (χ3v) is 4.61. The van der Waals surface area contributed by atoms with Crippen molar-refractivity contribution in [2.24, 2.45) is 0 Å². The van der Waals surface area contributed by atoms with Crippen LogP contribution < -0.4 is 10.6 Å². The number of piperidine rings is 1. The molecule has 0 aliphatic carbocycles. The van der Waals surface area contributed by atoms with E-state index in [1.165, 1.54) is 0 Å². The molecule has 3 heterocycles. The molecular formula is C18H20N6O. The summed E-state index contributed by atoms with van der Waals surface area (Å²) in [6.45, 7) is 3.64. The van der Waals surface area contributed by atoms with Crippen LogP contribution in [-0.4, -0.2) is 38.1 Å². The predicted molar refractivity (Wildman–Crippen MR) is 95.1 cm³/mol. The minimum absolute atomic E-state index is 0.163. The van der Waals surface area contributed by atoms with Crippen molar-refractivity contribution in [1.29, 1.82) is 0 Å². The van der Waals surface area contributed by atoms with Crippen molar-refractivity contribution in [3.63, 3.8) is 0 Å². The second-order valence-electron chi connectivity index (χ2n) is 6.38. The summed E-state index contributed by atoms with van der Waals surface area (Å²) in [5, 5.41) is 15.4. The van der Waals surface area contributed by atoms with Crippen LogP contribution in [-0.2, 0) is 0 Å². The number of aromatic nitrogens is 5. The Morgan fingerprint density at radius 2 is 1.96 bits per heavy atom. The summed E-state index contributed by atoms with van der Waals surface area (Å²) in [6, 6.07) is 13.6. The second kappa shape index (κ2) is 6.51. The molecule has 0 amide bonds. The van der Waals surface area contributed by atoms with Crippen LogP contribution in [0.3, 0.4) is 0 Å². The van der Waals surface area contributed by atoms with E-state index >= 15 is 0 Å². The molecule has 0 radical (unpaired) electrons. The molecule has 1 saturated heterocycles. The van der Waals surface area contributed by atoms with E-state index in [0.29, 0.717) is 0 Å². The van der Waals surface area contributed by atoms with Crippen molar-refractivity contribution in [1.82, 2.24) is 25.0 Å². The van der Waals surface area contributed by atoms with Crippen LogP contribution in [0.2, 0.25) is 0 Å². The molecule has 0 saturated carbocycles. The summed E-state index contributed by atoms with van der Waals surface area (Å²) >= 11 is 0. The molecule has 7 heteroatoms. The Morgan fingerprint density at radius 1 is 1.12 bits per heavy atom. The number of H-pyrrole nitrogens is 1. The van der Waals surface area contributed by atoms with Crippen LogP contribution >= 0.6 is 0 Å². The van der Waals surface area contributed by atoms with Crippen molar-refractivity contribution in [3.8, 4) is 5.69 Å². The number of aromatic amines is 1. The molecule has 25 heavy (non-hydrogen) atoms. The Kier molecular flexibility index (Phi) is 4.05. The molecule has 1 aromatic carbocycles. The van der Waals surface area contributed by atoms with Crippen LogP contribution in [0.15, 0.2) is 47.3 Å². The highest BCUT2D eigenvalue weighted by Gasteiger charge is 2.27. The Bertz CT molecular complexity index is 899. The summed E-state index contributed by atoms with van der Waals surface area (Å²) in [5.41, 5.74) is 1.54. The molecule has 1 N–H and O–H groups in total. The van der Waals surface area contributed by atoms with Crippen molar-refractivity contribution in [2.75, 3.05) is 18.0 Å². The van der Waals surface area contributed by atoms with E-state index < -0.39 is 0 Å². The maximum absolute atomic E-state index is 12.3. The minimum atomic E-state index is -0.201. The quantitative estimate of drug-likeness (QED) is 0.792. The number of nitrogens with one attached hydrogen (secondary N) is 1. The Labute approximate surface area is 145 Å². The van der Waals surface area contributed by atoms with Crippen molar-refractivity contribution < 1.29 is 0 Å². The van der Waals surface area contributed by atoms with E-state index in [1.807, 2.05) is 49.4 Å². The Hall–Kier alpha value is -2.96. The molecule has 0 spiro atoms. The van der Waals surface area contributed by atoms with Crippen LogP contribution in [0.4, 0.5) is 5.82 Å². The van der Waals surface area contributed by atoms with Crippen LogP contribution in [0.1, 0.15) is 30.3 Å². The first kappa shape index (κ1) is 15.6. The van der Waals surface area contributed by atoms with Gasteiger partial charge >= 0.3 is 5.69 Å². The lowest BCUT2D eigenvalue weighted by Gasteiger charge is -2.32. The highest BCUT2D eigenvalue weighted by Crippen LogP contribution is 2.28. The third kappa shape index (κ3) is 3.05. The molecule has 0 bridgehead atoms. The van der Waals surface area contributed by atoms with Crippen molar-refractivity contribution >= 4 is 5.82 Å². The first-order valence-electron chi connectivity index (χ1n) is 8.50. The molecule has 128 valence electrons. The van der Waals surface area contributed by atoms with Crippen LogP contribution in [0.5, 0.6) is 0 Å². The number of hydrogen-bond donors (Lipinski definition) is 1. The average Bonchev–Trinajstić information content (AvgIpc) is 3.05. The first-order valence-corrected chi connectivity index (χ1v) is 8.50. The van der Waals surface area contributed by atoms with Gasteiger partial charge in [-0.05, 0) is 44.0 Å². The summed E-state index contributed by atoms with van der Waals surface area (Å²) < 4.78 is 1.68. The van der Waals surface area contributed by atoms with Gasteiger partial charge in [-0.2, -0.15) is 10.2 Å². The zero-order valence-corrected chi connectivity index (χ0v) is 14.1. The van der Waals surface area contributed by atoms with Gasteiger partial charge < -0.3 is 4.90 Å². The lowest BCUT2D eigenvalue weighted by molar-refractivity contribution is 0.481. The average molecular weight is 336 g/mol. The van der Waals surface area contributed by atoms with Crippen LogP contribution in [0, 0.1) is 6.92 Å². The Morgan fingerprint density at radius 3 is 2.72 bits per heavy atom. The van der Waals surface area contributed by atoms with E-state index in [4.69, 9.17) is 0 Å². The molecule has 3 aromatic rings.